The van der Waals surface area contributed by atoms with Crippen LogP contribution in [0.2, 0.25) is 0 Å². The first kappa shape index (κ1) is 12.2. The maximum atomic E-state index is 12.7. The second-order valence-corrected chi connectivity index (χ2v) is 3.85. The van der Waals surface area contributed by atoms with E-state index < -0.39 is 0 Å². The Morgan fingerprint density at radius 3 is 2.72 bits per heavy atom. The lowest BCUT2D eigenvalue weighted by Gasteiger charge is -2.03. The van der Waals surface area contributed by atoms with Gasteiger partial charge in [-0.25, -0.2) is 4.39 Å². The van der Waals surface area contributed by atoms with Crippen LogP contribution in [0.1, 0.15) is 16.1 Å². The second-order valence-electron chi connectivity index (χ2n) is 3.85. The van der Waals surface area contributed by atoms with Gasteiger partial charge in [-0.3, -0.25) is 4.79 Å². The van der Waals surface area contributed by atoms with E-state index in [0.717, 1.165) is 5.56 Å². The van der Waals surface area contributed by atoms with Gasteiger partial charge in [0, 0.05) is 13.6 Å². The van der Waals surface area contributed by atoms with Gasteiger partial charge in [-0.2, -0.15) is 9.90 Å². The standard InChI is InChI=1S/C12H13FN4O/c1-17-15-8-11(16-17)12(18)14-7-6-9-2-4-10(13)5-3-9/h2-5,8H,6-7H2,1H3,(H,14,18). The van der Waals surface area contributed by atoms with Gasteiger partial charge in [0.05, 0.1) is 6.20 Å². The number of rotatable bonds is 4. The van der Waals surface area contributed by atoms with Gasteiger partial charge >= 0.3 is 0 Å². The predicted molar refractivity (Wildman–Crippen MR) is 63.4 cm³/mol. The molecule has 2 rings (SSSR count). The molecule has 94 valence electrons. The molecule has 0 aliphatic heterocycles. The fraction of sp³-hybridized carbons (Fsp3) is 0.250. The summed E-state index contributed by atoms with van der Waals surface area (Å²) in [6, 6.07) is 6.20. The molecule has 1 aromatic carbocycles. The van der Waals surface area contributed by atoms with Crippen LogP contribution in [0, 0.1) is 5.82 Å². The van der Waals surface area contributed by atoms with Gasteiger partial charge in [-0.15, -0.1) is 5.10 Å². The molecule has 0 saturated heterocycles. The third kappa shape index (κ3) is 3.13. The van der Waals surface area contributed by atoms with Crippen molar-refractivity contribution >= 4 is 5.91 Å². The van der Waals surface area contributed by atoms with Gasteiger partial charge in [0.1, 0.15) is 5.82 Å². The molecule has 0 saturated carbocycles. The quantitative estimate of drug-likeness (QED) is 0.875. The highest BCUT2D eigenvalue weighted by molar-refractivity contribution is 5.91. The molecule has 0 bridgehead atoms. The molecule has 0 aliphatic rings. The summed E-state index contributed by atoms with van der Waals surface area (Å²) >= 11 is 0. The Bertz CT molecular complexity index is 535. The van der Waals surface area contributed by atoms with E-state index in [1.807, 2.05) is 0 Å². The summed E-state index contributed by atoms with van der Waals surface area (Å²) in [6.07, 6.45) is 2.06. The summed E-state index contributed by atoms with van der Waals surface area (Å²) in [5.41, 5.74) is 1.26. The Hall–Kier alpha value is -2.24. The van der Waals surface area contributed by atoms with Gasteiger partial charge in [0.2, 0.25) is 0 Å². The average Bonchev–Trinajstić information content (AvgIpc) is 2.78. The van der Waals surface area contributed by atoms with Crippen LogP contribution in [0.5, 0.6) is 0 Å². The molecule has 6 heteroatoms. The Balaban J connectivity index is 1.82. The summed E-state index contributed by atoms with van der Waals surface area (Å²) in [7, 11) is 1.65. The zero-order chi connectivity index (χ0) is 13.0. The number of nitrogens with one attached hydrogen (secondary N) is 1. The molecule has 0 aliphatic carbocycles. The molecular formula is C12H13FN4O. The maximum Gasteiger partial charge on any atom is 0.273 e. The number of carbonyl (C=O) groups is 1. The summed E-state index contributed by atoms with van der Waals surface area (Å²) in [6.45, 7) is 0.473. The molecule has 0 atom stereocenters. The Labute approximate surface area is 104 Å². The minimum absolute atomic E-state index is 0.259. The lowest BCUT2D eigenvalue weighted by molar-refractivity contribution is 0.0948. The fourth-order valence-corrected chi connectivity index (χ4v) is 1.51. The van der Waals surface area contributed by atoms with Crippen molar-refractivity contribution in [3.63, 3.8) is 0 Å². The van der Waals surface area contributed by atoms with Gasteiger partial charge in [0.15, 0.2) is 5.69 Å². The zero-order valence-electron chi connectivity index (χ0n) is 9.93. The molecule has 0 unspecified atom stereocenters. The predicted octanol–water partition coefficient (Wildman–Crippen LogP) is 0.927. The van der Waals surface area contributed by atoms with Gasteiger partial charge < -0.3 is 5.32 Å². The molecule has 0 fully saturated rings. The molecule has 0 radical (unpaired) electrons. The van der Waals surface area contributed by atoms with Crippen LogP contribution < -0.4 is 5.32 Å². The number of nitrogens with zero attached hydrogens (tertiary/aromatic N) is 3. The molecule has 18 heavy (non-hydrogen) atoms. The first-order valence-electron chi connectivity index (χ1n) is 5.54. The molecule has 1 N–H and O–H groups in total. The molecule has 1 heterocycles. The monoisotopic (exact) mass is 248 g/mol. The topological polar surface area (TPSA) is 59.8 Å². The van der Waals surface area contributed by atoms with Crippen molar-refractivity contribution in [3.8, 4) is 0 Å². The third-order valence-corrected chi connectivity index (χ3v) is 2.44. The van der Waals surface area contributed by atoms with Crippen LogP contribution in [0.4, 0.5) is 4.39 Å². The summed E-state index contributed by atoms with van der Waals surface area (Å²) in [5.74, 6) is -0.521. The average molecular weight is 248 g/mol. The van der Waals surface area contributed by atoms with Crippen LogP contribution in [-0.4, -0.2) is 27.4 Å². The van der Waals surface area contributed by atoms with E-state index in [4.69, 9.17) is 0 Å². The smallest absolute Gasteiger partial charge is 0.273 e. The first-order chi connectivity index (χ1) is 8.65. The van der Waals surface area contributed by atoms with Crippen molar-refractivity contribution in [1.82, 2.24) is 20.3 Å². The van der Waals surface area contributed by atoms with Crippen LogP contribution in [0.25, 0.3) is 0 Å². The van der Waals surface area contributed by atoms with Crippen molar-refractivity contribution < 1.29 is 9.18 Å². The minimum Gasteiger partial charge on any atom is -0.350 e. The molecular weight excluding hydrogens is 235 g/mol. The highest BCUT2D eigenvalue weighted by atomic mass is 19.1. The van der Waals surface area contributed by atoms with Crippen LogP contribution >= 0.6 is 0 Å². The van der Waals surface area contributed by atoms with E-state index in [-0.39, 0.29) is 17.4 Å². The van der Waals surface area contributed by atoms with Crippen molar-refractivity contribution in [2.75, 3.05) is 6.54 Å². The van der Waals surface area contributed by atoms with E-state index in [9.17, 15) is 9.18 Å². The Morgan fingerprint density at radius 2 is 2.11 bits per heavy atom. The zero-order valence-corrected chi connectivity index (χ0v) is 9.93. The van der Waals surface area contributed by atoms with Gasteiger partial charge in [-0.1, -0.05) is 12.1 Å². The van der Waals surface area contributed by atoms with Gasteiger partial charge in [0.25, 0.3) is 5.91 Å². The van der Waals surface area contributed by atoms with E-state index in [1.165, 1.54) is 23.1 Å². The SMILES string of the molecule is Cn1ncc(C(=O)NCCc2ccc(F)cc2)n1. The van der Waals surface area contributed by atoms with E-state index in [0.29, 0.717) is 13.0 Å². The van der Waals surface area contributed by atoms with Crippen molar-refractivity contribution in [3.05, 3.63) is 47.5 Å². The summed E-state index contributed by atoms with van der Waals surface area (Å²) < 4.78 is 12.7. The molecule has 1 aromatic heterocycles. The van der Waals surface area contributed by atoms with Crippen LogP contribution in [-0.2, 0) is 13.5 Å². The number of carbonyl (C=O) groups excluding carboxylic acids is 1. The van der Waals surface area contributed by atoms with E-state index in [2.05, 4.69) is 15.5 Å². The number of amides is 1. The largest absolute Gasteiger partial charge is 0.350 e. The van der Waals surface area contributed by atoms with Crippen molar-refractivity contribution in [1.29, 1.82) is 0 Å². The number of aryl methyl sites for hydroxylation is 1. The fourth-order valence-electron chi connectivity index (χ4n) is 1.51. The highest BCUT2D eigenvalue weighted by Crippen LogP contribution is 2.02. The number of aromatic nitrogens is 3. The number of benzene rings is 1. The van der Waals surface area contributed by atoms with Crippen LogP contribution in [0.3, 0.4) is 0 Å². The van der Waals surface area contributed by atoms with E-state index in [1.54, 1.807) is 19.2 Å². The molecule has 1 amide bonds. The second kappa shape index (κ2) is 5.39. The van der Waals surface area contributed by atoms with Gasteiger partial charge in [-0.05, 0) is 24.1 Å². The minimum atomic E-state index is -0.262. The summed E-state index contributed by atoms with van der Waals surface area (Å²) in [4.78, 5) is 12.9. The lowest BCUT2D eigenvalue weighted by atomic mass is 10.1. The third-order valence-electron chi connectivity index (χ3n) is 2.44. The number of hydrogen-bond acceptors (Lipinski definition) is 3. The lowest BCUT2D eigenvalue weighted by Crippen LogP contribution is -2.26. The summed E-state index contributed by atoms with van der Waals surface area (Å²) in [5, 5.41) is 10.4. The highest BCUT2D eigenvalue weighted by Gasteiger charge is 2.08. The molecule has 2 aromatic rings. The maximum absolute atomic E-state index is 12.7. The van der Waals surface area contributed by atoms with E-state index >= 15 is 0 Å². The van der Waals surface area contributed by atoms with Crippen molar-refractivity contribution in [2.45, 2.75) is 6.42 Å². The first-order valence-corrected chi connectivity index (χ1v) is 5.54. The number of halogens is 1. The van der Waals surface area contributed by atoms with Crippen molar-refractivity contribution in [2.24, 2.45) is 7.05 Å². The molecule has 0 spiro atoms. The number of hydrogen-bond donors (Lipinski definition) is 1. The van der Waals surface area contributed by atoms with Crippen LogP contribution in [0.15, 0.2) is 30.5 Å². The Morgan fingerprint density at radius 1 is 1.39 bits per heavy atom. The molecule has 5 nitrogen and oxygen atoms in total. The Kier molecular flexibility index (Phi) is 3.66. The normalized spacial score (nSPS) is 10.3.